The largest absolute Gasteiger partial charge is 0.481 e. The van der Waals surface area contributed by atoms with Crippen molar-refractivity contribution < 1.29 is 9.90 Å². The molecule has 0 bridgehead atoms. The second-order valence-corrected chi connectivity index (χ2v) is 4.17. The van der Waals surface area contributed by atoms with Crippen molar-refractivity contribution in [2.45, 2.75) is 6.42 Å². The lowest BCUT2D eigenvalue weighted by Gasteiger charge is -2.09. The molecule has 3 rings (SSSR count). The van der Waals surface area contributed by atoms with E-state index in [9.17, 15) is 4.79 Å². The van der Waals surface area contributed by atoms with E-state index in [0.717, 1.165) is 16.9 Å². The minimum atomic E-state index is -0.868. The van der Waals surface area contributed by atoms with Crippen LogP contribution < -0.4 is 0 Å². The minimum Gasteiger partial charge on any atom is -0.481 e. The number of rotatable bonds is 3. The molecule has 0 radical (unpaired) electrons. The van der Waals surface area contributed by atoms with Gasteiger partial charge in [0.2, 0.25) is 0 Å². The fraction of sp³-hybridized carbons (Fsp3) is 0.0714. The van der Waals surface area contributed by atoms with Crippen LogP contribution in [0, 0.1) is 0 Å². The zero-order valence-electron chi connectivity index (χ0n) is 10.0. The van der Waals surface area contributed by atoms with Gasteiger partial charge in [-0.15, -0.1) is 0 Å². The van der Waals surface area contributed by atoms with Crippen LogP contribution >= 0.6 is 0 Å². The Kier molecular flexibility index (Phi) is 2.72. The standard InChI is InChI=1S/C14H11N3O2/c18-14(19)8-10-9-15-5-4-11(10)12-2-1-3-13-16-6-7-17(12)13/h1-7,9H,8H2,(H,18,19). The lowest BCUT2D eigenvalue weighted by Crippen LogP contribution is -2.03. The summed E-state index contributed by atoms with van der Waals surface area (Å²) in [6.45, 7) is 0. The first kappa shape index (κ1) is 11.4. The van der Waals surface area contributed by atoms with E-state index < -0.39 is 5.97 Å². The smallest absolute Gasteiger partial charge is 0.307 e. The quantitative estimate of drug-likeness (QED) is 0.775. The maximum absolute atomic E-state index is 10.9. The number of fused-ring (bicyclic) bond motifs is 1. The van der Waals surface area contributed by atoms with Gasteiger partial charge in [-0.25, -0.2) is 4.98 Å². The molecular formula is C14H11N3O2. The van der Waals surface area contributed by atoms with Crippen molar-refractivity contribution in [3.8, 4) is 11.3 Å². The van der Waals surface area contributed by atoms with Crippen molar-refractivity contribution in [3.63, 3.8) is 0 Å². The predicted octanol–water partition coefficient (Wildman–Crippen LogP) is 2.02. The molecule has 3 aromatic heterocycles. The third kappa shape index (κ3) is 2.06. The summed E-state index contributed by atoms with van der Waals surface area (Å²) in [7, 11) is 0. The van der Waals surface area contributed by atoms with Gasteiger partial charge < -0.3 is 5.11 Å². The van der Waals surface area contributed by atoms with Crippen LogP contribution in [0.4, 0.5) is 0 Å². The van der Waals surface area contributed by atoms with Gasteiger partial charge in [-0.3, -0.25) is 14.2 Å². The van der Waals surface area contributed by atoms with Gasteiger partial charge in [0.1, 0.15) is 5.65 Å². The average molecular weight is 253 g/mol. The number of hydrogen-bond acceptors (Lipinski definition) is 3. The number of carbonyl (C=O) groups is 1. The summed E-state index contributed by atoms with van der Waals surface area (Å²) >= 11 is 0. The molecule has 1 N–H and O–H groups in total. The second-order valence-electron chi connectivity index (χ2n) is 4.17. The predicted molar refractivity (Wildman–Crippen MR) is 69.8 cm³/mol. The Labute approximate surface area is 109 Å². The summed E-state index contributed by atoms with van der Waals surface area (Å²) in [6, 6.07) is 7.58. The molecule has 0 saturated carbocycles. The Morgan fingerprint density at radius 1 is 1.26 bits per heavy atom. The van der Waals surface area contributed by atoms with E-state index in [4.69, 9.17) is 5.11 Å². The van der Waals surface area contributed by atoms with E-state index in [0.29, 0.717) is 5.56 Å². The van der Waals surface area contributed by atoms with Crippen molar-refractivity contribution >= 4 is 11.6 Å². The van der Waals surface area contributed by atoms with Gasteiger partial charge in [0.15, 0.2) is 0 Å². The van der Waals surface area contributed by atoms with Crippen molar-refractivity contribution in [2.75, 3.05) is 0 Å². The maximum Gasteiger partial charge on any atom is 0.307 e. The van der Waals surface area contributed by atoms with Gasteiger partial charge in [-0.2, -0.15) is 0 Å². The van der Waals surface area contributed by atoms with Crippen LogP contribution in [0.15, 0.2) is 49.1 Å². The van der Waals surface area contributed by atoms with Gasteiger partial charge in [0, 0.05) is 30.4 Å². The molecule has 0 spiro atoms. The van der Waals surface area contributed by atoms with E-state index in [1.54, 1.807) is 18.6 Å². The van der Waals surface area contributed by atoms with Crippen LogP contribution in [-0.2, 0) is 11.2 Å². The highest BCUT2D eigenvalue weighted by atomic mass is 16.4. The molecule has 0 aromatic carbocycles. The highest BCUT2D eigenvalue weighted by Crippen LogP contribution is 2.24. The third-order valence-electron chi connectivity index (χ3n) is 2.95. The fourth-order valence-corrected chi connectivity index (χ4v) is 2.15. The Hall–Kier alpha value is -2.69. The Morgan fingerprint density at radius 2 is 2.16 bits per heavy atom. The van der Waals surface area contributed by atoms with Crippen molar-refractivity contribution in [1.82, 2.24) is 14.4 Å². The van der Waals surface area contributed by atoms with Gasteiger partial charge in [-0.05, 0) is 23.8 Å². The Morgan fingerprint density at radius 3 is 3.00 bits per heavy atom. The fourth-order valence-electron chi connectivity index (χ4n) is 2.15. The monoisotopic (exact) mass is 253 g/mol. The maximum atomic E-state index is 10.9. The molecule has 0 unspecified atom stereocenters. The van der Waals surface area contributed by atoms with Crippen LogP contribution in [0.3, 0.4) is 0 Å². The first-order valence-corrected chi connectivity index (χ1v) is 5.83. The highest BCUT2D eigenvalue weighted by molar-refractivity contribution is 5.75. The molecule has 3 heterocycles. The number of nitrogens with zero attached hydrogens (tertiary/aromatic N) is 3. The summed E-state index contributed by atoms with van der Waals surface area (Å²) in [5.74, 6) is -0.868. The average Bonchev–Trinajstić information content (AvgIpc) is 2.87. The molecule has 0 fully saturated rings. The number of aliphatic carboxylic acids is 1. The zero-order chi connectivity index (χ0) is 13.2. The Bertz CT molecular complexity index is 749. The molecule has 0 aliphatic carbocycles. The molecule has 5 nitrogen and oxygen atoms in total. The summed E-state index contributed by atoms with van der Waals surface area (Å²) in [5.41, 5.74) is 3.29. The molecular weight excluding hydrogens is 242 g/mol. The third-order valence-corrected chi connectivity index (χ3v) is 2.95. The number of aromatic nitrogens is 3. The van der Waals surface area contributed by atoms with Crippen molar-refractivity contribution in [1.29, 1.82) is 0 Å². The molecule has 0 aliphatic rings. The van der Waals surface area contributed by atoms with E-state index in [1.165, 1.54) is 0 Å². The lowest BCUT2D eigenvalue weighted by atomic mass is 10.0. The van der Waals surface area contributed by atoms with Gasteiger partial charge in [-0.1, -0.05) is 6.07 Å². The van der Waals surface area contributed by atoms with Gasteiger partial charge in [0.25, 0.3) is 0 Å². The molecule has 0 aliphatic heterocycles. The van der Waals surface area contributed by atoms with Crippen LogP contribution in [0.1, 0.15) is 5.56 Å². The van der Waals surface area contributed by atoms with Gasteiger partial charge in [0.05, 0.1) is 12.1 Å². The number of pyridine rings is 2. The van der Waals surface area contributed by atoms with Crippen molar-refractivity contribution in [2.24, 2.45) is 0 Å². The second kappa shape index (κ2) is 4.53. The summed E-state index contributed by atoms with van der Waals surface area (Å²) < 4.78 is 1.93. The highest BCUT2D eigenvalue weighted by Gasteiger charge is 2.11. The van der Waals surface area contributed by atoms with Crippen molar-refractivity contribution in [3.05, 3.63) is 54.6 Å². The molecule has 19 heavy (non-hydrogen) atoms. The minimum absolute atomic E-state index is 0.0474. The Balaban J connectivity index is 2.21. The number of carboxylic acids is 1. The first-order valence-electron chi connectivity index (χ1n) is 5.83. The van der Waals surface area contributed by atoms with Crippen LogP contribution in [0.5, 0.6) is 0 Å². The molecule has 0 amide bonds. The van der Waals surface area contributed by atoms with Crippen LogP contribution in [0.25, 0.3) is 16.9 Å². The SMILES string of the molecule is O=C(O)Cc1cnccc1-c1cccc2nccn12. The molecule has 0 saturated heterocycles. The van der Waals surface area contributed by atoms with Gasteiger partial charge >= 0.3 is 5.97 Å². The zero-order valence-corrected chi connectivity index (χ0v) is 10.0. The molecule has 3 aromatic rings. The molecule has 0 atom stereocenters. The van der Waals surface area contributed by atoms with Crippen LogP contribution in [0.2, 0.25) is 0 Å². The topological polar surface area (TPSA) is 67.5 Å². The van der Waals surface area contributed by atoms with Crippen LogP contribution in [-0.4, -0.2) is 25.4 Å². The summed E-state index contributed by atoms with van der Waals surface area (Å²) in [5, 5.41) is 8.96. The summed E-state index contributed by atoms with van der Waals surface area (Å²) in [4.78, 5) is 19.1. The number of hydrogen-bond donors (Lipinski definition) is 1. The lowest BCUT2D eigenvalue weighted by molar-refractivity contribution is -0.136. The van der Waals surface area contributed by atoms with E-state index >= 15 is 0 Å². The van der Waals surface area contributed by atoms with E-state index in [2.05, 4.69) is 9.97 Å². The normalized spacial score (nSPS) is 10.7. The van der Waals surface area contributed by atoms with E-state index in [-0.39, 0.29) is 6.42 Å². The first-order chi connectivity index (χ1) is 9.25. The summed E-state index contributed by atoms with van der Waals surface area (Å²) in [6.07, 6.45) is 6.79. The number of carboxylic acid groups (broad SMARTS) is 1. The number of imidazole rings is 1. The van der Waals surface area contributed by atoms with E-state index in [1.807, 2.05) is 34.9 Å². The molecule has 5 heteroatoms. The molecule has 94 valence electrons.